The molecule has 0 aromatic heterocycles. The fourth-order valence-corrected chi connectivity index (χ4v) is 10.3. The molecule has 0 saturated heterocycles. The smallest absolute Gasteiger partial charge is 0.250 e. The van der Waals surface area contributed by atoms with Gasteiger partial charge >= 0.3 is 0 Å². The molecule has 2 aromatic carbocycles. The highest BCUT2D eigenvalue weighted by molar-refractivity contribution is 7.91. The van der Waals surface area contributed by atoms with Crippen molar-refractivity contribution in [2.75, 3.05) is 0 Å². The topological polar surface area (TPSA) is 52.6 Å². The van der Waals surface area contributed by atoms with Crippen molar-refractivity contribution in [3.8, 4) is 11.5 Å². The summed E-state index contributed by atoms with van der Waals surface area (Å²) >= 11 is 0. The van der Waals surface area contributed by atoms with Gasteiger partial charge in [0.25, 0.3) is 0 Å². The Morgan fingerprint density at radius 1 is 0.548 bits per heavy atom. The molecule has 0 aliphatic heterocycles. The molecule has 0 amide bonds. The van der Waals surface area contributed by atoms with E-state index in [1.807, 2.05) is 0 Å². The Morgan fingerprint density at radius 3 is 1.03 bits per heavy atom. The Bertz CT molecular complexity index is 829. The first-order valence-electron chi connectivity index (χ1n) is 11.6. The van der Waals surface area contributed by atoms with E-state index in [4.69, 9.17) is 8.85 Å². The van der Waals surface area contributed by atoms with Gasteiger partial charge in [0, 0.05) is 0 Å². The van der Waals surface area contributed by atoms with Crippen molar-refractivity contribution in [2.45, 2.75) is 87.6 Å². The van der Waals surface area contributed by atoms with Crippen LogP contribution in [0.3, 0.4) is 0 Å². The van der Waals surface area contributed by atoms with Crippen LogP contribution in [0.1, 0.15) is 41.5 Å². The zero-order valence-electron chi connectivity index (χ0n) is 19.9. The maximum atomic E-state index is 13.1. The van der Waals surface area contributed by atoms with E-state index in [0.717, 1.165) is 47.8 Å². The van der Waals surface area contributed by atoms with Gasteiger partial charge in [-0.25, -0.2) is 8.42 Å². The van der Waals surface area contributed by atoms with Gasteiger partial charge in [0.15, 0.2) is 0 Å². The predicted octanol–water partition coefficient (Wildman–Crippen LogP) is 7.29. The van der Waals surface area contributed by atoms with E-state index in [9.17, 15) is 8.42 Å². The maximum absolute atomic E-state index is 13.1. The SMILES string of the molecule is CC[Si](CC)(CC)Oc1ccc(S(=O)(=O)c2ccc(O[Si](CC)(CC)CC)cc2)cc1. The summed E-state index contributed by atoms with van der Waals surface area (Å²) < 4.78 is 38.9. The highest BCUT2D eigenvalue weighted by atomic mass is 32.2. The molecule has 4 nitrogen and oxygen atoms in total. The Kier molecular flexibility index (Phi) is 8.97. The molecule has 0 fully saturated rings. The van der Waals surface area contributed by atoms with Gasteiger partial charge in [-0.1, -0.05) is 41.5 Å². The van der Waals surface area contributed by atoms with Crippen molar-refractivity contribution in [3.63, 3.8) is 0 Å². The predicted molar refractivity (Wildman–Crippen MR) is 134 cm³/mol. The minimum atomic E-state index is -3.58. The lowest BCUT2D eigenvalue weighted by molar-refractivity contribution is 0.531. The van der Waals surface area contributed by atoms with Crippen molar-refractivity contribution >= 4 is 26.5 Å². The first-order valence-corrected chi connectivity index (χ1v) is 18.1. The standard InChI is InChI=1S/C24H38O4SSi2/c1-7-30(8-2,9-3)27-21-13-17-23(18-14-21)29(25,26)24-19-15-22(16-20-24)28-31(10-4,11-5)12-6/h13-20H,7-12H2,1-6H3. The molecule has 0 N–H and O–H groups in total. The third-order valence-electron chi connectivity index (χ3n) is 6.80. The number of sulfone groups is 1. The Morgan fingerprint density at radius 2 is 0.806 bits per heavy atom. The normalized spacial score (nSPS) is 12.6. The van der Waals surface area contributed by atoms with Gasteiger partial charge in [-0.2, -0.15) is 0 Å². The molecule has 0 aliphatic carbocycles. The highest BCUT2D eigenvalue weighted by Crippen LogP contribution is 2.30. The third-order valence-corrected chi connectivity index (χ3v) is 17.7. The quantitative estimate of drug-likeness (QED) is 0.301. The van der Waals surface area contributed by atoms with Gasteiger partial charge in [0.2, 0.25) is 26.5 Å². The maximum Gasteiger partial charge on any atom is 0.250 e. The summed E-state index contributed by atoms with van der Waals surface area (Å²) in [7, 11) is -7.14. The summed E-state index contributed by atoms with van der Waals surface area (Å²) in [5.41, 5.74) is 0. The largest absolute Gasteiger partial charge is 0.544 e. The van der Waals surface area contributed by atoms with Crippen LogP contribution < -0.4 is 8.85 Å². The molecule has 0 atom stereocenters. The molecule has 0 aliphatic rings. The lowest BCUT2D eigenvalue weighted by Gasteiger charge is -2.29. The second kappa shape index (κ2) is 10.8. The monoisotopic (exact) mass is 478 g/mol. The lowest BCUT2D eigenvalue weighted by atomic mass is 10.3. The van der Waals surface area contributed by atoms with Gasteiger partial charge in [-0.15, -0.1) is 0 Å². The number of rotatable bonds is 12. The number of hydrogen-bond acceptors (Lipinski definition) is 4. The first-order chi connectivity index (χ1) is 14.7. The van der Waals surface area contributed by atoms with Gasteiger partial charge in [0.05, 0.1) is 9.79 Å². The number of hydrogen-bond donors (Lipinski definition) is 0. The van der Waals surface area contributed by atoms with Crippen LogP contribution in [-0.2, 0) is 9.84 Å². The van der Waals surface area contributed by atoms with Crippen LogP contribution in [0.5, 0.6) is 11.5 Å². The minimum absolute atomic E-state index is 0.282. The van der Waals surface area contributed by atoms with E-state index < -0.39 is 26.5 Å². The van der Waals surface area contributed by atoms with Crippen molar-refractivity contribution in [1.82, 2.24) is 0 Å². The Balaban J connectivity index is 2.22. The molecular weight excluding hydrogens is 440 g/mol. The van der Waals surface area contributed by atoms with E-state index in [0.29, 0.717) is 0 Å². The van der Waals surface area contributed by atoms with Crippen LogP contribution in [-0.4, -0.2) is 25.1 Å². The van der Waals surface area contributed by atoms with E-state index in [1.54, 1.807) is 48.5 Å². The fraction of sp³-hybridized carbons (Fsp3) is 0.500. The van der Waals surface area contributed by atoms with Gasteiger partial charge in [0.1, 0.15) is 11.5 Å². The van der Waals surface area contributed by atoms with Crippen molar-refractivity contribution in [3.05, 3.63) is 48.5 Å². The summed E-state index contributed by atoms with van der Waals surface area (Å²) in [6.07, 6.45) is 0. The van der Waals surface area contributed by atoms with E-state index in [2.05, 4.69) is 41.5 Å². The van der Waals surface area contributed by atoms with Crippen molar-refractivity contribution in [1.29, 1.82) is 0 Å². The average molecular weight is 479 g/mol. The van der Waals surface area contributed by atoms with Crippen LogP contribution in [0.2, 0.25) is 36.3 Å². The minimum Gasteiger partial charge on any atom is -0.544 e. The summed E-state index contributed by atoms with van der Waals surface area (Å²) in [5.74, 6) is 1.53. The zero-order chi connectivity index (χ0) is 23.1. The number of benzene rings is 2. The molecule has 2 rings (SSSR count). The summed E-state index contributed by atoms with van der Waals surface area (Å²) in [4.78, 5) is 0.564. The van der Waals surface area contributed by atoms with Crippen molar-refractivity contribution < 1.29 is 17.3 Å². The molecule has 0 bridgehead atoms. The molecule has 2 aromatic rings. The van der Waals surface area contributed by atoms with Crippen LogP contribution in [0.25, 0.3) is 0 Å². The van der Waals surface area contributed by atoms with Crippen LogP contribution in [0.15, 0.2) is 58.3 Å². The molecule has 0 heterocycles. The van der Waals surface area contributed by atoms with Crippen LogP contribution in [0, 0.1) is 0 Å². The molecule has 7 heteroatoms. The molecule has 172 valence electrons. The Labute approximate surface area is 191 Å². The lowest BCUT2D eigenvalue weighted by Crippen LogP contribution is -2.39. The average Bonchev–Trinajstić information content (AvgIpc) is 2.82. The van der Waals surface area contributed by atoms with E-state index in [-0.39, 0.29) is 9.79 Å². The molecule has 31 heavy (non-hydrogen) atoms. The van der Waals surface area contributed by atoms with Gasteiger partial charge in [-0.05, 0) is 84.8 Å². The molecule has 0 saturated carbocycles. The van der Waals surface area contributed by atoms with E-state index >= 15 is 0 Å². The summed E-state index contributed by atoms with van der Waals surface area (Å²) in [5, 5.41) is 0. The summed E-state index contributed by atoms with van der Waals surface area (Å²) in [6.45, 7) is 13.1. The van der Waals surface area contributed by atoms with E-state index in [1.165, 1.54) is 0 Å². The highest BCUT2D eigenvalue weighted by Gasteiger charge is 2.32. The fourth-order valence-electron chi connectivity index (χ4n) is 3.94. The second-order valence-corrected chi connectivity index (χ2v) is 19.5. The molecule has 0 spiro atoms. The van der Waals surface area contributed by atoms with Crippen molar-refractivity contribution in [2.24, 2.45) is 0 Å². The zero-order valence-corrected chi connectivity index (χ0v) is 22.7. The first kappa shape index (κ1) is 25.7. The third kappa shape index (κ3) is 5.81. The Hall–Kier alpha value is -1.58. The molecular formula is C24H38O4SSi2. The van der Waals surface area contributed by atoms with Gasteiger partial charge in [-0.3, -0.25) is 0 Å². The second-order valence-electron chi connectivity index (χ2n) is 8.14. The molecule has 0 unspecified atom stereocenters. The van der Waals surface area contributed by atoms with Crippen LogP contribution in [0.4, 0.5) is 0 Å². The van der Waals surface area contributed by atoms with Gasteiger partial charge < -0.3 is 8.85 Å². The van der Waals surface area contributed by atoms with Crippen LogP contribution >= 0.6 is 0 Å². The summed E-state index contributed by atoms with van der Waals surface area (Å²) in [6, 6.07) is 20.0. The molecule has 0 radical (unpaired) electrons.